The van der Waals surface area contributed by atoms with E-state index in [1.165, 1.54) is 32.4 Å². The molecule has 0 atom stereocenters. The number of halogens is 1. The number of carbonyl (C=O) groups is 1. The van der Waals surface area contributed by atoms with Gasteiger partial charge in [0.15, 0.2) is 0 Å². The van der Waals surface area contributed by atoms with Crippen LogP contribution in [0.5, 0.6) is 5.75 Å². The average molecular weight is 351 g/mol. The predicted octanol–water partition coefficient (Wildman–Crippen LogP) is 3.66. The van der Waals surface area contributed by atoms with Crippen LogP contribution in [0, 0.1) is 10.1 Å². The standard InChI is InChI=1S/C16H15ClN2O5/c1-23-13-6-10(5-12(17)8-13)9-18-14-4-3-11(16(20)24-2)7-15(14)19(21)22/h3-8,18H,9H2,1-2H3. The highest BCUT2D eigenvalue weighted by molar-refractivity contribution is 6.30. The van der Waals surface area contributed by atoms with Gasteiger partial charge in [-0.25, -0.2) is 4.79 Å². The highest BCUT2D eigenvalue weighted by Gasteiger charge is 2.18. The lowest BCUT2D eigenvalue weighted by atomic mass is 10.1. The number of hydrogen-bond donors (Lipinski definition) is 1. The normalized spacial score (nSPS) is 10.1. The maximum atomic E-state index is 11.5. The Balaban J connectivity index is 2.24. The number of ether oxygens (including phenoxy) is 2. The monoisotopic (exact) mass is 350 g/mol. The average Bonchev–Trinajstić information content (AvgIpc) is 2.58. The highest BCUT2D eigenvalue weighted by atomic mass is 35.5. The summed E-state index contributed by atoms with van der Waals surface area (Å²) in [7, 11) is 2.74. The lowest BCUT2D eigenvalue weighted by Gasteiger charge is -2.10. The third-order valence-electron chi connectivity index (χ3n) is 3.27. The maximum absolute atomic E-state index is 11.5. The van der Waals surface area contributed by atoms with Gasteiger partial charge >= 0.3 is 5.97 Å². The fourth-order valence-electron chi connectivity index (χ4n) is 2.11. The Kier molecular flexibility index (Phi) is 5.59. The Morgan fingerprint density at radius 2 is 2.00 bits per heavy atom. The fraction of sp³-hybridized carbons (Fsp3) is 0.188. The van der Waals surface area contributed by atoms with E-state index in [-0.39, 0.29) is 16.9 Å². The van der Waals surface area contributed by atoms with Crippen LogP contribution in [0.1, 0.15) is 15.9 Å². The Hall–Kier alpha value is -2.80. The first-order valence-electron chi connectivity index (χ1n) is 6.88. The summed E-state index contributed by atoms with van der Waals surface area (Å²) >= 11 is 6.00. The first-order valence-corrected chi connectivity index (χ1v) is 7.26. The van der Waals surface area contributed by atoms with Crippen molar-refractivity contribution in [3.63, 3.8) is 0 Å². The summed E-state index contributed by atoms with van der Waals surface area (Å²) in [6.45, 7) is 0.301. The molecule has 2 aromatic carbocycles. The van der Waals surface area contributed by atoms with E-state index in [0.29, 0.717) is 17.3 Å². The molecule has 126 valence electrons. The number of carbonyl (C=O) groups excluding carboxylic acids is 1. The van der Waals surface area contributed by atoms with E-state index in [9.17, 15) is 14.9 Å². The van der Waals surface area contributed by atoms with Crippen LogP contribution >= 0.6 is 11.6 Å². The zero-order valence-corrected chi connectivity index (χ0v) is 13.8. The molecule has 0 spiro atoms. The Morgan fingerprint density at radius 1 is 1.25 bits per heavy atom. The van der Waals surface area contributed by atoms with Gasteiger partial charge in [-0.2, -0.15) is 0 Å². The molecule has 0 saturated heterocycles. The fourth-order valence-corrected chi connectivity index (χ4v) is 2.36. The number of nitro groups is 1. The molecule has 8 heteroatoms. The van der Waals surface area contributed by atoms with E-state index in [1.807, 2.05) is 0 Å². The molecule has 0 saturated carbocycles. The van der Waals surface area contributed by atoms with E-state index < -0.39 is 10.9 Å². The zero-order valence-electron chi connectivity index (χ0n) is 13.0. The Labute approximate surface area is 143 Å². The first-order chi connectivity index (χ1) is 11.4. The number of esters is 1. The van der Waals surface area contributed by atoms with E-state index in [2.05, 4.69) is 10.1 Å². The Morgan fingerprint density at radius 3 is 2.62 bits per heavy atom. The second-order valence-electron chi connectivity index (χ2n) is 4.83. The smallest absolute Gasteiger partial charge is 0.338 e. The molecule has 0 aliphatic rings. The van der Waals surface area contributed by atoms with Crippen molar-refractivity contribution < 1.29 is 19.2 Å². The number of anilines is 1. The van der Waals surface area contributed by atoms with Crippen LogP contribution in [0.25, 0.3) is 0 Å². The summed E-state index contributed by atoms with van der Waals surface area (Å²) in [4.78, 5) is 22.2. The topological polar surface area (TPSA) is 90.7 Å². The molecule has 0 aliphatic carbocycles. The van der Waals surface area contributed by atoms with Crippen LogP contribution in [0.4, 0.5) is 11.4 Å². The number of rotatable bonds is 6. The van der Waals surface area contributed by atoms with Gasteiger partial charge in [0.1, 0.15) is 11.4 Å². The lowest BCUT2D eigenvalue weighted by molar-refractivity contribution is -0.384. The van der Waals surface area contributed by atoms with E-state index in [1.54, 1.807) is 18.2 Å². The number of methoxy groups -OCH3 is 2. The largest absolute Gasteiger partial charge is 0.497 e. The van der Waals surface area contributed by atoms with Crippen LogP contribution in [0.15, 0.2) is 36.4 Å². The number of nitrogens with one attached hydrogen (secondary N) is 1. The SMILES string of the molecule is COC(=O)c1ccc(NCc2cc(Cl)cc(OC)c2)c([N+](=O)[O-])c1. The van der Waals surface area contributed by atoms with Crippen LogP contribution in [-0.4, -0.2) is 25.1 Å². The van der Waals surface area contributed by atoms with E-state index >= 15 is 0 Å². The molecule has 1 N–H and O–H groups in total. The molecule has 2 aromatic rings. The van der Waals surface area contributed by atoms with Crippen molar-refractivity contribution in [1.82, 2.24) is 0 Å². The second kappa shape index (κ2) is 7.65. The van der Waals surface area contributed by atoms with Gasteiger partial charge < -0.3 is 14.8 Å². The van der Waals surface area contributed by atoms with Gasteiger partial charge in [-0.3, -0.25) is 10.1 Å². The Bertz CT molecular complexity index is 779. The van der Waals surface area contributed by atoms with Gasteiger partial charge in [-0.05, 0) is 35.9 Å². The molecular weight excluding hydrogens is 336 g/mol. The minimum absolute atomic E-state index is 0.110. The molecule has 2 rings (SSSR count). The van der Waals surface area contributed by atoms with Crippen molar-refractivity contribution in [1.29, 1.82) is 0 Å². The summed E-state index contributed by atoms with van der Waals surface area (Å²) in [5.74, 6) is -0.0425. The zero-order chi connectivity index (χ0) is 17.7. The molecule has 0 aliphatic heterocycles. The summed E-state index contributed by atoms with van der Waals surface area (Å²) < 4.78 is 9.70. The van der Waals surface area contributed by atoms with Gasteiger partial charge in [0.25, 0.3) is 5.69 Å². The summed E-state index contributed by atoms with van der Waals surface area (Å²) in [5.41, 5.74) is 0.975. The number of benzene rings is 2. The summed E-state index contributed by atoms with van der Waals surface area (Å²) in [6, 6.07) is 9.26. The quantitative estimate of drug-likeness (QED) is 0.485. The van der Waals surface area contributed by atoms with Gasteiger partial charge in [0.2, 0.25) is 0 Å². The molecule has 0 radical (unpaired) electrons. The van der Waals surface area contributed by atoms with Crippen molar-refractivity contribution >= 4 is 28.9 Å². The van der Waals surface area contributed by atoms with Gasteiger partial charge in [-0.15, -0.1) is 0 Å². The predicted molar refractivity (Wildman–Crippen MR) is 89.8 cm³/mol. The third-order valence-corrected chi connectivity index (χ3v) is 3.48. The van der Waals surface area contributed by atoms with Crippen LogP contribution in [0.3, 0.4) is 0 Å². The number of nitrogens with zero attached hydrogens (tertiary/aromatic N) is 1. The van der Waals surface area contributed by atoms with Crippen molar-refractivity contribution in [3.8, 4) is 5.75 Å². The van der Waals surface area contributed by atoms with Crippen LogP contribution in [0.2, 0.25) is 5.02 Å². The minimum Gasteiger partial charge on any atom is -0.497 e. The lowest BCUT2D eigenvalue weighted by Crippen LogP contribution is -2.06. The summed E-state index contributed by atoms with van der Waals surface area (Å²) in [6.07, 6.45) is 0. The van der Waals surface area contributed by atoms with Gasteiger partial charge in [0, 0.05) is 17.6 Å². The molecule has 0 amide bonds. The number of hydrogen-bond acceptors (Lipinski definition) is 6. The summed E-state index contributed by atoms with van der Waals surface area (Å²) in [5, 5.41) is 14.7. The van der Waals surface area contributed by atoms with Crippen molar-refractivity contribution in [3.05, 3.63) is 62.7 Å². The van der Waals surface area contributed by atoms with Gasteiger partial charge in [0.05, 0.1) is 24.7 Å². The van der Waals surface area contributed by atoms with Crippen molar-refractivity contribution in [2.75, 3.05) is 19.5 Å². The number of nitro benzene ring substituents is 1. The molecule has 0 unspecified atom stereocenters. The molecule has 7 nitrogen and oxygen atoms in total. The second-order valence-corrected chi connectivity index (χ2v) is 5.27. The minimum atomic E-state index is -0.635. The van der Waals surface area contributed by atoms with Crippen molar-refractivity contribution in [2.24, 2.45) is 0 Å². The maximum Gasteiger partial charge on any atom is 0.338 e. The first kappa shape index (κ1) is 17.6. The van der Waals surface area contributed by atoms with Crippen molar-refractivity contribution in [2.45, 2.75) is 6.54 Å². The van der Waals surface area contributed by atoms with E-state index in [4.69, 9.17) is 16.3 Å². The third kappa shape index (κ3) is 4.14. The van der Waals surface area contributed by atoms with Crippen LogP contribution < -0.4 is 10.1 Å². The molecule has 0 aromatic heterocycles. The molecular formula is C16H15ClN2O5. The molecule has 24 heavy (non-hydrogen) atoms. The van der Waals surface area contributed by atoms with Gasteiger partial charge in [-0.1, -0.05) is 11.6 Å². The molecule has 0 heterocycles. The molecule has 0 fully saturated rings. The van der Waals surface area contributed by atoms with E-state index in [0.717, 1.165) is 5.56 Å². The van der Waals surface area contributed by atoms with Crippen LogP contribution in [-0.2, 0) is 11.3 Å². The molecule has 0 bridgehead atoms. The highest BCUT2D eigenvalue weighted by Crippen LogP contribution is 2.27.